The minimum Gasteiger partial charge on any atom is -0.294 e. The molecule has 0 aromatic heterocycles. The molecular formula is C33H46O. The van der Waals surface area contributed by atoms with E-state index in [4.69, 9.17) is 0 Å². The van der Waals surface area contributed by atoms with Crippen LogP contribution in [0.3, 0.4) is 0 Å². The van der Waals surface area contributed by atoms with Gasteiger partial charge in [0, 0.05) is 11.5 Å². The summed E-state index contributed by atoms with van der Waals surface area (Å²) in [6, 6.07) is 8.89. The van der Waals surface area contributed by atoms with E-state index >= 15 is 0 Å². The van der Waals surface area contributed by atoms with Crippen molar-refractivity contribution in [3.8, 4) is 0 Å². The number of ketones is 1. The molecule has 1 heteroatoms. The van der Waals surface area contributed by atoms with E-state index in [0.29, 0.717) is 16.6 Å². The lowest BCUT2D eigenvalue weighted by atomic mass is 9.89. The molecule has 0 saturated heterocycles. The van der Waals surface area contributed by atoms with Gasteiger partial charge in [0.1, 0.15) is 0 Å². The minimum atomic E-state index is 0. The predicted octanol–water partition coefficient (Wildman–Crippen LogP) is 8.62. The third-order valence-electron chi connectivity index (χ3n) is 7.82. The third kappa shape index (κ3) is 4.81. The first-order valence-electron chi connectivity index (χ1n) is 13.0. The smallest absolute Gasteiger partial charge is 0.166 e. The number of carbonyl (C=O) groups is 1. The first kappa shape index (κ1) is 26.5. The molecule has 0 amide bonds. The van der Waals surface area contributed by atoms with E-state index in [2.05, 4.69) is 71.9 Å². The Morgan fingerprint density at radius 3 is 1.88 bits per heavy atom. The van der Waals surface area contributed by atoms with E-state index in [-0.39, 0.29) is 13.3 Å². The van der Waals surface area contributed by atoms with Crippen LogP contribution in [0.4, 0.5) is 0 Å². The highest BCUT2D eigenvalue weighted by atomic mass is 16.1. The maximum absolute atomic E-state index is 12.0. The van der Waals surface area contributed by atoms with Gasteiger partial charge in [0.2, 0.25) is 0 Å². The number of Topliss-reactive ketones (excluding diaryl/α,β-unsaturated/α-hetero) is 1. The van der Waals surface area contributed by atoms with Gasteiger partial charge in [-0.15, -0.1) is 0 Å². The Bertz CT molecular complexity index is 1130. The van der Waals surface area contributed by atoms with Crippen LogP contribution in [0.15, 0.2) is 29.8 Å². The van der Waals surface area contributed by atoms with Crippen molar-refractivity contribution in [1.82, 2.24) is 0 Å². The first-order valence-corrected chi connectivity index (χ1v) is 13.0. The van der Waals surface area contributed by atoms with Crippen LogP contribution < -0.4 is 0 Å². The Morgan fingerprint density at radius 2 is 1.29 bits per heavy atom. The fraction of sp³-hybridized carbons (Fsp3) is 0.545. The monoisotopic (exact) mass is 458 g/mol. The Labute approximate surface area is 209 Å². The summed E-state index contributed by atoms with van der Waals surface area (Å²) in [5.74, 6) is 0.549. The molecule has 1 atom stereocenters. The number of allylic oxidation sites excluding steroid dienone is 1. The maximum atomic E-state index is 12.0. The number of benzene rings is 2. The van der Waals surface area contributed by atoms with Crippen LogP contribution in [0.25, 0.3) is 6.08 Å². The summed E-state index contributed by atoms with van der Waals surface area (Å²) in [7, 11) is 0. The van der Waals surface area contributed by atoms with Gasteiger partial charge in [-0.2, -0.15) is 0 Å². The average molecular weight is 459 g/mol. The topological polar surface area (TPSA) is 17.1 Å². The van der Waals surface area contributed by atoms with Gasteiger partial charge in [0.15, 0.2) is 5.78 Å². The second kappa shape index (κ2) is 9.48. The second-order valence-electron chi connectivity index (χ2n) is 12.2. The summed E-state index contributed by atoms with van der Waals surface area (Å²) in [4.78, 5) is 12.0. The van der Waals surface area contributed by atoms with Gasteiger partial charge in [-0.05, 0) is 95.2 Å². The lowest BCUT2D eigenvalue weighted by Gasteiger charge is -2.15. The summed E-state index contributed by atoms with van der Waals surface area (Å²) in [5, 5.41) is 0. The summed E-state index contributed by atoms with van der Waals surface area (Å²) in [5.41, 5.74) is 14.1. The van der Waals surface area contributed by atoms with Crippen LogP contribution in [-0.2, 0) is 38.5 Å². The van der Waals surface area contributed by atoms with Crippen molar-refractivity contribution < 1.29 is 4.79 Å². The van der Waals surface area contributed by atoms with Crippen LogP contribution in [0.2, 0.25) is 0 Å². The quantitative estimate of drug-likeness (QED) is 0.386. The number of hydrogen-bond acceptors (Lipinski definition) is 1. The van der Waals surface area contributed by atoms with Crippen LogP contribution in [0.1, 0.15) is 112 Å². The number of rotatable bonds is 0. The van der Waals surface area contributed by atoms with Crippen LogP contribution >= 0.6 is 0 Å². The summed E-state index contributed by atoms with van der Waals surface area (Å²) < 4.78 is 0. The van der Waals surface area contributed by atoms with Crippen molar-refractivity contribution in [3.63, 3.8) is 0 Å². The molecule has 0 aliphatic heterocycles. The van der Waals surface area contributed by atoms with E-state index in [9.17, 15) is 4.79 Å². The summed E-state index contributed by atoms with van der Waals surface area (Å²) in [6.45, 7) is 17.7. The van der Waals surface area contributed by atoms with Crippen LogP contribution in [-0.4, -0.2) is 5.78 Å². The van der Waals surface area contributed by atoms with Crippen molar-refractivity contribution in [2.24, 2.45) is 16.7 Å². The lowest BCUT2D eigenvalue weighted by Crippen LogP contribution is -2.10. The van der Waals surface area contributed by atoms with E-state index in [1.165, 1.54) is 47.1 Å². The Balaban J connectivity index is 0.000000173. The molecular weight excluding hydrogens is 412 g/mol. The molecule has 34 heavy (non-hydrogen) atoms. The molecule has 0 saturated carbocycles. The lowest BCUT2D eigenvalue weighted by molar-refractivity contribution is 0.0946. The molecule has 4 aliphatic carbocycles. The van der Waals surface area contributed by atoms with E-state index in [1.807, 2.05) is 13.8 Å². The highest BCUT2D eigenvalue weighted by Gasteiger charge is 2.36. The average Bonchev–Trinajstić information content (AvgIpc) is 3.45. The van der Waals surface area contributed by atoms with Crippen molar-refractivity contribution >= 4 is 11.9 Å². The second-order valence-corrected chi connectivity index (χ2v) is 12.2. The Morgan fingerprint density at radius 1 is 0.765 bits per heavy atom. The standard InChI is InChI=1S/C15H18O.C15H18.C2H6.CH4/c1-9-6-12-11(14(9)16)5-4-10-7-15(2,3)8-13(10)12;1-10-6-11-4-5-12-8-15(2,3)9-14(12)13(11)7-10;1-2;/h4-5,9H,6-8H2,1-3H3;4-6H,7-9H2,1-3H3;1-2H3;1H4. The molecule has 0 radical (unpaired) electrons. The zero-order valence-electron chi connectivity index (χ0n) is 22.1. The van der Waals surface area contributed by atoms with Crippen LogP contribution in [0.5, 0.6) is 0 Å². The van der Waals surface area contributed by atoms with E-state index in [1.54, 1.807) is 16.7 Å². The summed E-state index contributed by atoms with van der Waals surface area (Å²) in [6.07, 6.45) is 9.34. The zero-order chi connectivity index (χ0) is 24.1. The normalized spacial score (nSPS) is 21.6. The van der Waals surface area contributed by atoms with Gasteiger partial charge in [-0.1, -0.05) is 91.8 Å². The molecule has 2 aromatic carbocycles. The third-order valence-corrected chi connectivity index (χ3v) is 7.82. The SMILES string of the molecule is C.CC.CC1=Cc2ccc3c(c2C1)CC(C)(C)C3.CC1Cc2c(ccc3c2CC(C)(C)C3)C1=O. The Kier molecular flexibility index (Phi) is 7.38. The van der Waals surface area contributed by atoms with Gasteiger partial charge >= 0.3 is 0 Å². The maximum Gasteiger partial charge on any atom is 0.166 e. The van der Waals surface area contributed by atoms with E-state index < -0.39 is 0 Å². The molecule has 1 unspecified atom stereocenters. The zero-order valence-corrected chi connectivity index (χ0v) is 22.1. The van der Waals surface area contributed by atoms with Crippen molar-refractivity contribution in [1.29, 1.82) is 0 Å². The van der Waals surface area contributed by atoms with Gasteiger partial charge in [0.05, 0.1) is 0 Å². The number of carbonyl (C=O) groups excluding carboxylic acids is 1. The van der Waals surface area contributed by atoms with Gasteiger partial charge in [-0.3, -0.25) is 4.79 Å². The van der Waals surface area contributed by atoms with Crippen molar-refractivity contribution in [2.45, 2.75) is 101 Å². The van der Waals surface area contributed by atoms with Gasteiger partial charge < -0.3 is 0 Å². The molecule has 0 spiro atoms. The molecule has 2 aromatic rings. The fourth-order valence-corrected chi connectivity index (χ4v) is 6.45. The highest BCUT2D eigenvalue weighted by Crippen LogP contribution is 2.43. The molecule has 0 heterocycles. The minimum absolute atomic E-state index is 0. The van der Waals surface area contributed by atoms with Crippen molar-refractivity contribution in [3.05, 3.63) is 74.3 Å². The molecule has 0 fully saturated rings. The predicted molar refractivity (Wildman–Crippen MR) is 148 cm³/mol. The largest absolute Gasteiger partial charge is 0.294 e. The molecule has 184 valence electrons. The van der Waals surface area contributed by atoms with Crippen molar-refractivity contribution in [2.75, 3.05) is 0 Å². The first-order chi connectivity index (χ1) is 15.5. The Hall–Kier alpha value is -2.15. The summed E-state index contributed by atoms with van der Waals surface area (Å²) >= 11 is 0. The molecule has 0 bridgehead atoms. The van der Waals surface area contributed by atoms with E-state index in [0.717, 1.165) is 24.8 Å². The van der Waals surface area contributed by atoms with Crippen LogP contribution in [0, 0.1) is 16.7 Å². The number of fused-ring (bicyclic) bond motifs is 6. The molecule has 0 N–H and O–H groups in total. The molecule has 4 aliphatic rings. The van der Waals surface area contributed by atoms with Gasteiger partial charge in [-0.25, -0.2) is 0 Å². The van der Waals surface area contributed by atoms with Gasteiger partial charge in [0.25, 0.3) is 0 Å². The number of hydrogen-bond donors (Lipinski definition) is 0. The highest BCUT2D eigenvalue weighted by molar-refractivity contribution is 6.02. The molecule has 6 rings (SSSR count). The fourth-order valence-electron chi connectivity index (χ4n) is 6.45. The molecule has 1 nitrogen and oxygen atoms in total.